The molecule has 0 amide bonds. The molecule has 0 spiro atoms. The van der Waals surface area contributed by atoms with E-state index in [1.54, 1.807) is 0 Å². The Morgan fingerprint density at radius 3 is 2.26 bits per heavy atom. The molecular formula is C14H17F4N. The molecule has 1 aliphatic carbocycles. The van der Waals surface area contributed by atoms with Crippen molar-refractivity contribution in [2.45, 2.75) is 43.7 Å². The van der Waals surface area contributed by atoms with Crippen LogP contribution in [0.4, 0.5) is 17.6 Å². The van der Waals surface area contributed by atoms with E-state index in [2.05, 4.69) is 0 Å². The first-order valence-electron chi connectivity index (χ1n) is 6.46. The number of nitrogens with two attached hydrogens (primary N) is 1. The maximum absolute atomic E-state index is 13.4. The third-order valence-electron chi connectivity index (χ3n) is 4.06. The van der Waals surface area contributed by atoms with Crippen LogP contribution in [0.15, 0.2) is 18.2 Å². The second kappa shape index (κ2) is 5.12. The smallest absolute Gasteiger partial charge is 0.330 e. The van der Waals surface area contributed by atoms with Crippen LogP contribution in [-0.4, -0.2) is 6.54 Å². The highest BCUT2D eigenvalue weighted by molar-refractivity contribution is 5.37. The van der Waals surface area contributed by atoms with E-state index in [0.717, 1.165) is 37.5 Å². The summed E-state index contributed by atoms with van der Waals surface area (Å²) >= 11 is 0. The summed E-state index contributed by atoms with van der Waals surface area (Å²) in [5, 5.41) is 0. The van der Waals surface area contributed by atoms with Gasteiger partial charge in [-0.25, -0.2) is 4.39 Å². The average Bonchev–Trinajstić information content (AvgIpc) is 2.38. The molecule has 0 aliphatic heterocycles. The van der Waals surface area contributed by atoms with Crippen molar-refractivity contribution in [3.05, 3.63) is 35.1 Å². The van der Waals surface area contributed by atoms with Crippen molar-refractivity contribution < 1.29 is 17.6 Å². The van der Waals surface area contributed by atoms with Crippen LogP contribution in [0.5, 0.6) is 0 Å². The zero-order valence-corrected chi connectivity index (χ0v) is 10.6. The molecule has 19 heavy (non-hydrogen) atoms. The topological polar surface area (TPSA) is 26.0 Å². The van der Waals surface area contributed by atoms with Gasteiger partial charge in [-0.3, -0.25) is 0 Å². The van der Waals surface area contributed by atoms with E-state index < -0.39 is 23.0 Å². The lowest BCUT2D eigenvalue weighted by Crippen LogP contribution is -2.39. The third kappa shape index (κ3) is 2.76. The molecule has 1 aliphatic rings. The molecule has 1 aromatic rings. The van der Waals surface area contributed by atoms with Crippen LogP contribution in [-0.2, 0) is 11.6 Å². The predicted octanol–water partition coefficient (Wildman–Crippen LogP) is 4.01. The van der Waals surface area contributed by atoms with Gasteiger partial charge in [-0.2, -0.15) is 13.2 Å². The molecule has 0 atom stereocenters. The molecule has 1 saturated carbocycles. The van der Waals surface area contributed by atoms with Gasteiger partial charge in [-0.15, -0.1) is 0 Å². The number of hydrogen-bond acceptors (Lipinski definition) is 1. The SMILES string of the molecule is NCC1(c2cc(F)ccc2C(F)(F)F)CCCCC1. The Labute approximate surface area is 109 Å². The fourth-order valence-corrected chi connectivity index (χ4v) is 3.01. The van der Waals surface area contributed by atoms with E-state index in [1.807, 2.05) is 0 Å². The van der Waals surface area contributed by atoms with Crippen LogP contribution in [0.1, 0.15) is 43.2 Å². The molecule has 2 rings (SSSR count). The second-order valence-corrected chi connectivity index (χ2v) is 5.23. The molecule has 106 valence electrons. The van der Waals surface area contributed by atoms with Crippen LogP contribution in [0.3, 0.4) is 0 Å². The zero-order chi connectivity index (χ0) is 14.1. The van der Waals surface area contributed by atoms with Crippen molar-refractivity contribution in [1.82, 2.24) is 0 Å². The quantitative estimate of drug-likeness (QED) is 0.811. The van der Waals surface area contributed by atoms with E-state index >= 15 is 0 Å². The summed E-state index contributed by atoms with van der Waals surface area (Å²) in [5.41, 5.74) is 4.29. The van der Waals surface area contributed by atoms with E-state index in [1.165, 1.54) is 0 Å². The summed E-state index contributed by atoms with van der Waals surface area (Å²) in [5.74, 6) is -0.638. The van der Waals surface area contributed by atoms with Gasteiger partial charge >= 0.3 is 6.18 Å². The summed E-state index contributed by atoms with van der Waals surface area (Å²) in [6, 6.07) is 2.71. The van der Waals surface area contributed by atoms with Crippen molar-refractivity contribution in [3.63, 3.8) is 0 Å². The summed E-state index contributed by atoms with van der Waals surface area (Å²) in [6.45, 7) is 0.125. The van der Waals surface area contributed by atoms with Crippen molar-refractivity contribution in [2.75, 3.05) is 6.54 Å². The van der Waals surface area contributed by atoms with Gasteiger partial charge in [0.15, 0.2) is 0 Å². The second-order valence-electron chi connectivity index (χ2n) is 5.23. The average molecular weight is 275 g/mol. The van der Waals surface area contributed by atoms with Gasteiger partial charge in [0, 0.05) is 12.0 Å². The molecule has 1 nitrogen and oxygen atoms in total. The first kappa shape index (κ1) is 14.3. The van der Waals surface area contributed by atoms with E-state index in [4.69, 9.17) is 5.73 Å². The molecule has 0 radical (unpaired) electrons. The van der Waals surface area contributed by atoms with E-state index in [-0.39, 0.29) is 12.1 Å². The molecule has 2 N–H and O–H groups in total. The highest BCUT2D eigenvalue weighted by atomic mass is 19.4. The largest absolute Gasteiger partial charge is 0.416 e. The number of rotatable bonds is 2. The standard InChI is InChI=1S/C14H17F4N/c15-10-4-5-11(14(16,17)18)12(8-10)13(9-19)6-2-1-3-7-13/h4-5,8H,1-3,6-7,9,19H2. The van der Waals surface area contributed by atoms with Crippen molar-refractivity contribution in [2.24, 2.45) is 5.73 Å². The summed E-state index contributed by atoms with van der Waals surface area (Å²) in [7, 11) is 0. The maximum atomic E-state index is 13.4. The Morgan fingerprint density at radius 1 is 1.11 bits per heavy atom. The summed E-state index contributed by atoms with van der Waals surface area (Å²) in [6.07, 6.45) is -0.608. The molecule has 5 heteroatoms. The van der Waals surface area contributed by atoms with Gasteiger partial charge in [0.25, 0.3) is 0 Å². The van der Waals surface area contributed by atoms with Crippen molar-refractivity contribution in [1.29, 1.82) is 0 Å². The minimum atomic E-state index is -4.47. The highest BCUT2D eigenvalue weighted by Crippen LogP contribution is 2.44. The van der Waals surface area contributed by atoms with Gasteiger partial charge in [0.2, 0.25) is 0 Å². The van der Waals surface area contributed by atoms with Gasteiger partial charge < -0.3 is 5.73 Å². The Kier molecular flexibility index (Phi) is 3.85. The lowest BCUT2D eigenvalue weighted by Gasteiger charge is -2.38. The minimum Gasteiger partial charge on any atom is -0.330 e. The number of alkyl halides is 3. The monoisotopic (exact) mass is 275 g/mol. The molecule has 0 saturated heterocycles. The van der Waals surface area contributed by atoms with Crippen molar-refractivity contribution >= 4 is 0 Å². The minimum absolute atomic E-state index is 0.0298. The number of hydrogen-bond donors (Lipinski definition) is 1. The fourth-order valence-electron chi connectivity index (χ4n) is 3.01. The summed E-state index contributed by atoms with van der Waals surface area (Å²) in [4.78, 5) is 0. The fraction of sp³-hybridized carbons (Fsp3) is 0.571. The van der Waals surface area contributed by atoms with Crippen molar-refractivity contribution in [3.8, 4) is 0 Å². The van der Waals surface area contributed by atoms with E-state index in [9.17, 15) is 17.6 Å². The summed E-state index contributed by atoms with van der Waals surface area (Å²) < 4.78 is 52.6. The Hall–Kier alpha value is -1.10. The van der Waals surface area contributed by atoms with Crippen LogP contribution >= 0.6 is 0 Å². The first-order chi connectivity index (χ1) is 8.89. The first-order valence-corrected chi connectivity index (χ1v) is 6.46. The van der Waals surface area contributed by atoms with Crippen LogP contribution in [0.25, 0.3) is 0 Å². The maximum Gasteiger partial charge on any atom is 0.416 e. The van der Waals surface area contributed by atoms with E-state index in [0.29, 0.717) is 12.8 Å². The number of benzene rings is 1. The Balaban J connectivity index is 2.55. The molecule has 0 unspecified atom stereocenters. The Morgan fingerprint density at radius 2 is 1.74 bits per heavy atom. The molecule has 1 fully saturated rings. The molecule has 1 aromatic carbocycles. The molecular weight excluding hydrogens is 258 g/mol. The van der Waals surface area contributed by atoms with Gasteiger partial charge in [-0.05, 0) is 36.6 Å². The van der Waals surface area contributed by atoms with Gasteiger partial charge in [-0.1, -0.05) is 19.3 Å². The lowest BCUT2D eigenvalue weighted by atomic mass is 9.68. The highest BCUT2D eigenvalue weighted by Gasteiger charge is 2.41. The third-order valence-corrected chi connectivity index (χ3v) is 4.06. The van der Waals surface area contributed by atoms with Crippen LogP contribution in [0, 0.1) is 5.82 Å². The zero-order valence-electron chi connectivity index (χ0n) is 10.6. The van der Waals surface area contributed by atoms with Gasteiger partial charge in [0.05, 0.1) is 5.56 Å². The molecule has 0 aromatic heterocycles. The lowest BCUT2D eigenvalue weighted by molar-refractivity contribution is -0.139. The molecule has 0 bridgehead atoms. The number of halogens is 4. The molecule has 0 heterocycles. The van der Waals surface area contributed by atoms with Crippen LogP contribution in [0.2, 0.25) is 0 Å². The normalized spacial score (nSPS) is 19.4. The van der Waals surface area contributed by atoms with Gasteiger partial charge in [0.1, 0.15) is 5.82 Å². The Bertz CT molecular complexity index is 447. The van der Waals surface area contributed by atoms with Crippen LogP contribution < -0.4 is 5.73 Å². The predicted molar refractivity (Wildman–Crippen MR) is 65.2 cm³/mol.